The zero-order chi connectivity index (χ0) is 15.3. The number of nitrogens with zero attached hydrogens (tertiary/aromatic N) is 1. The molecule has 0 fully saturated rings. The maximum atomic E-state index is 12.7. The minimum absolute atomic E-state index is 0.174. The second kappa shape index (κ2) is 6.45. The molecular weight excluding hydrogens is 287 g/mol. The zero-order valence-corrected chi connectivity index (χ0v) is 11.6. The predicted molar refractivity (Wildman–Crippen MR) is 67.4 cm³/mol. The van der Waals surface area contributed by atoms with Gasteiger partial charge in [0.1, 0.15) is 17.9 Å². The van der Waals surface area contributed by atoms with E-state index < -0.39 is 34.0 Å². The number of ether oxygens (including phenoxy) is 1. The second-order valence-electron chi connectivity index (χ2n) is 4.01. The summed E-state index contributed by atoms with van der Waals surface area (Å²) in [5, 5.41) is 8.50. The van der Waals surface area contributed by atoms with E-state index in [1.807, 2.05) is 0 Å². The third kappa shape index (κ3) is 4.29. The SMILES string of the molecule is C[C@H](NS(=O)(=O)c1ccc(F)cc1)C(=O)O[C@@H](C)C#N. The predicted octanol–water partition coefficient (Wildman–Crippen LogP) is 0.948. The highest BCUT2D eigenvalue weighted by Crippen LogP contribution is 2.10. The number of esters is 1. The Morgan fingerprint density at radius 2 is 1.90 bits per heavy atom. The van der Waals surface area contributed by atoms with Gasteiger partial charge >= 0.3 is 5.97 Å². The number of benzene rings is 1. The first-order chi connectivity index (χ1) is 9.26. The molecule has 1 rings (SSSR count). The van der Waals surface area contributed by atoms with Crippen LogP contribution < -0.4 is 4.72 Å². The van der Waals surface area contributed by atoms with E-state index in [0.717, 1.165) is 24.3 Å². The van der Waals surface area contributed by atoms with E-state index in [1.165, 1.54) is 13.8 Å². The molecule has 0 saturated carbocycles. The van der Waals surface area contributed by atoms with Crippen molar-refractivity contribution in [1.82, 2.24) is 4.72 Å². The van der Waals surface area contributed by atoms with Crippen molar-refractivity contribution in [2.45, 2.75) is 30.9 Å². The number of halogens is 1. The van der Waals surface area contributed by atoms with Crippen molar-refractivity contribution >= 4 is 16.0 Å². The summed E-state index contributed by atoms with van der Waals surface area (Å²) in [4.78, 5) is 11.3. The van der Waals surface area contributed by atoms with Gasteiger partial charge in [0.2, 0.25) is 10.0 Å². The Morgan fingerprint density at radius 3 is 2.40 bits per heavy atom. The highest BCUT2D eigenvalue weighted by atomic mass is 32.2. The van der Waals surface area contributed by atoms with Crippen LogP contribution in [0.3, 0.4) is 0 Å². The first-order valence-electron chi connectivity index (χ1n) is 5.64. The van der Waals surface area contributed by atoms with Gasteiger partial charge in [0.05, 0.1) is 4.90 Å². The molecule has 0 aliphatic carbocycles. The highest BCUT2D eigenvalue weighted by Gasteiger charge is 2.24. The summed E-state index contributed by atoms with van der Waals surface area (Å²) in [6, 6.07) is 4.67. The van der Waals surface area contributed by atoms with Gasteiger partial charge in [-0.2, -0.15) is 9.98 Å². The maximum absolute atomic E-state index is 12.7. The van der Waals surface area contributed by atoms with Crippen LogP contribution in [0.5, 0.6) is 0 Å². The van der Waals surface area contributed by atoms with Gasteiger partial charge in [-0.25, -0.2) is 12.8 Å². The fourth-order valence-electron chi connectivity index (χ4n) is 1.27. The average Bonchev–Trinajstić information content (AvgIpc) is 2.38. The van der Waals surface area contributed by atoms with E-state index >= 15 is 0 Å². The minimum Gasteiger partial charge on any atom is -0.446 e. The molecule has 0 saturated heterocycles. The molecule has 1 aromatic carbocycles. The van der Waals surface area contributed by atoms with Crippen LogP contribution >= 0.6 is 0 Å². The molecule has 0 amide bonds. The Labute approximate surface area is 116 Å². The molecule has 0 aliphatic heterocycles. The summed E-state index contributed by atoms with van der Waals surface area (Å²) in [6.45, 7) is 2.65. The molecule has 6 nitrogen and oxygen atoms in total. The lowest BCUT2D eigenvalue weighted by Gasteiger charge is -2.14. The van der Waals surface area contributed by atoms with Crippen LogP contribution in [0.25, 0.3) is 0 Å². The molecule has 0 aromatic heterocycles. The first kappa shape index (κ1) is 16.1. The van der Waals surface area contributed by atoms with Crippen LogP contribution in [0, 0.1) is 17.1 Å². The number of nitriles is 1. The van der Waals surface area contributed by atoms with Crippen molar-refractivity contribution in [3.8, 4) is 6.07 Å². The van der Waals surface area contributed by atoms with Crippen molar-refractivity contribution in [1.29, 1.82) is 5.26 Å². The normalized spacial score (nSPS) is 14.1. The van der Waals surface area contributed by atoms with Crippen LogP contribution in [0.15, 0.2) is 29.2 Å². The van der Waals surface area contributed by atoms with E-state index in [-0.39, 0.29) is 4.90 Å². The van der Waals surface area contributed by atoms with E-state index in [2.05, 4.69) is 9.46 Å². The number of rotatable bonds is 5. The van der Waals surface area contributed by atoms with Gasteiger partial charge in [-0.1, -0.05) is 0 Å². The molecule has 20 heavy (non-hydrogen) atoms. The molecule has 108 valence electrons. The smallest absolute Gasteiger partial charge is 0.325 e. The van der Waals surface area contributed by atoms with E-state index in [0.29, 0.717) is 0 Å². The molecule has 2 atom stereocenters. The van der Waals surface area contributed by atoms with Crippen LogP contribution in [0.2, 0.25) is 0 Å². The van der Waals surface area contributed by atoms with Gasteiger partial charge in [0, 0.05) is 0 Å². The number of nitrogens with one attached hydrogen (secondary N) is 1. The summed E-state index contributed by atoms with van der Waals surface area (Å²) in [7, 11) is -3.96. The van der Waals surface area contributed by atoms with E-state index in [4.69, 9.17) is 5.26 Å². The number of carbonyl (C=O) groups is 1. The molecule has 0 radical (unpaired) electrons. The molecular formula is C12H13FN2O4S. The third-order valence-electron chi connectivity index (χ3n) is 2.28. The molecule has 1 aromatic rings. The van der Waals surface area contributed by atoms with E-state index in [1.54, 1.807) is 6.07 Å². The van der Waals surface area contributed by atoms with Crippen LogP contribution in [-0.2, 0) is 19.6 Å². The summed E-state index contributed by atoms with van der Waals surface area (Å²) in [6.07, 6.45) is -0.972. The maximum Gasteiger partial charge on any atom is 0.325 e. The fraction of sp³-hybridized carbons (Fsp3) is 0.333. The van der Waals surface area contributed by atoms with Crippen molar-refractivity contribution in [3.05, 3.63) is 30.1 Å². The van der Waals surface area contributed by atoms with Gasteiger partial charge < -0.3 is 4.74 Å². The number of hydrogen-bond donors (Lipinski definition) is 1. The van der Waals surface area contributed by atoms with Crippen LogP contribution in [-0.4, -0.2) is 26.5 Å². The Kier molecular flexibility index (Phi) is 5.19. The van der Waals surface area contributed by atoms with Gasteiger partial charge in [-0.15, -0.1) is 0 Å². The second-order valence-corrected chi connectivity index (χ2v) is 5.72. The Hall–Kier alpha value is -1.98. The van der Waals surface area contributed by atoms with Gasteiger partial charge in [0.15, 0.2) is 6.10 Å². The molecule has 0 bridgehead atoms. The third-order valence-corrected chi connectivity index (χ3v) is 3.84. The summed E-state index contributed by atoms with van der Waals surface area (Å²) in [5.74, 6) is -1.44. The quantitative estimate of drug-likeness (QED) is 0.817. The van der Waals surface area contributed by atoms with Crippen LogP contribution in [0.1, 0.15) is 13.8 Å². The van der Waals surface area contributed by atoms with Crippen LogP contribution in [0.4, 0.5) is 4.39 Å². The first-order valence-corrected chi connectivity index (χ1v) is 7.12. The molecule has 0 unspecified atom stereocenters. The lowest BCUT2D eigenvalue weighted by atomic mass is 10.3. The highest BCUT2D eigenvalue weighted by molar-refractivity contribution is 7.89. The molecule has 0 aliphatic rings. The zero-order valence-electron chi connectivity index (χ0n) is 10.8. The number of sulfonamides is 1. The minimum atomic E-state index is -3.96. The summed E-state index contributed by atoms with van der Waals surface area (Å²) >= 11 is 0. The molecule has 0 spiro atoms. The van der Waals surface area contributed by atoms with Crippen molar-refractivity contribution in [2.24, 2.45) is 0 Å². The lowest BCUT2D eigenvalue weighted by molar-refractivity contribution is -0.147. The summed E-state index contributed by atoms with van der Waals surface area (Å²) in [5.41, 5.74) is 0. The van der Waals surface area contributed by atoms with Crippen molar-refractivity contribution in [3.63, 3.8) is 0 Å². The lowest BCUT2D eigenvalue weighted by Crippen LogP contribution is -2.40. The average molecular weight is 300 g/mol. The topological polar surface area (TPSA) is 96.3 Å². The monoisotopic (exact) mass is 300 g/mol. The van der Waals surface area contributed by atoms with Gasteiger partial charge in [0.25, 0.3) is 0 Å². The van der Waals surface area contributed by atoms with Crippen molar-refractivity contribution in [2.75, 3.05) is 0 Å². The Morgan fingerprint density at radius 1 is 1.35 bits per heavy atom. The fourth-order valence-corrected chi connectivity index (χ4v) is 2.46. The largest absolute Gasteiger partial charge is 0.446 e. The van der Waals surface area contributed by atoms with E-state index in [9.17, 15) is 17.6 Å². The Balaban J connectivity index is 2.79. The van der Waals surface area contributed by atoms with Gasteiger partial charge in [-0.05, 0) is 38.1 Å². The summed E-state index contributed by atoms with van der Waals surface area (Å²) < 4.78 is 43.3. The van der Waals surface area contributed by atoms with Crippen molar-refractivity contribution < 1.29 is 22.3 Å². The molecule has 1 N–H and O–H groups in total. The standard InChI is InChI=1S/C12H13FN2O4S/c1-8(7-14)19-12(16)9(2)15-20(17,18)11-5-3-10(13)4-6-11/h3-6,8-9,15H,1-2H3/t8-,9-/m0/s1. The molecule has 0 heterocycles. The number of hydrogen-bond acceptors (Lipinski definition) is 5. The Bertz CT molecular complexity index is 622. The number of carbonyl (C=O) groups excluding carboxylic acids is 1. The van der Waals surface area contributed by atoms with Gasteiger partial charge in [-0.3, -0.25) is 4.79 Å². The molecule has 8 heteroatoms.